The lowest BCUT2D eigenvalue weighted by Gasteiger charge is -2.27. The molecular formula is C18H24N4O3S2. The number of hydrogen-bond acceptors (Lipinski definition) is 7. The van der Waals surface area contributed by atoms with E-state index in [1.165, 1.54) is 11.3 Å². The van der Waals surface area contributed by atoms with E-state index in [1.54, 1.807) is 29.1 Å². The minimum Gasteiger partial charge on any atom is -0.444 e. The maximum atomic E-state index is 12.4. The van der Waals surface area contributed by atoms with Crippen molar-refractivity contribution in [2.45, 2.75) is 49.0 Å². The molecule has 27 heavy (non-hydrogen) atoms. The SMILES string of the molecule is CC(C)(C)c1cnc(CSc2cnc(NC(=O)C3CCN(C=O)CC3)s2)o1. The summed E-state index contributed by atoms with van der Waals surface area (Å²) in [5.74, 6) is 2.09. The third-order valence-corrected chi connectivity index (χ3v) is 6.49. The average molecular weight is 409 g/mol. The van der Waals surface area contributed by atoms with Crippen molar-refractivity contribution in [1.29, 1.82) is 0 Å². The Labute approximate surface area is 166 Å². The monoisotopic (exact) mass is 408 g/mol. The molecule has 2 amide bonds. The van der Waals surface area contributed by atoms with Crippen LogP contribution in [-0.4, -0.2) is 40.3 Å². The van der Waals surface area contributed by atoms with E-state index in [4.69, 9.17) is 4.42 Å². The number of amides is 2. The highest BCUT2D eigenvalue weighted by molar-refractivity contribution is 8.00. The van der Waals surface area contributed by atoms with Crippen molar-refractivity contribution < 1.29 is 14.0 Å². The van der Waals surface area contributed by atoms with Crippen LogP contribution >= 0.6 is 23.1 Å². The Morgan fingerprint density at radius 3 is 2.74 bits per heavy atom. The van der Waals surface area contributed by atoms with Crippen LogP contribution in [0.2, 0.25) is 0 Å². The fourth-order valence-electron chi connectivity index (χ4n) is 2.71. The highest BCUT2D eigenvalue weighted by Crippen LogP contribution is 2.32. The smallest absolute Gasteiger partial charge is 0.229 e. The minimum atomic E-state index is -0.0654. The number of oxazole rings is 1. The van der Waals surface area contributed by atoms with E-state index in [-0.39, 0.29) is 17.2 Å². The van der Waals surface area contributed by atoms with Gasteiger partial charge in [-0.3, -0.25) is 9.59 Å². The Morgan fingerprint density at radius 1 is 1.37 bits per heavy atom. The molecule has 1 saturated heterocycles. The molecule has 146 valence electrons. The van der Waals surface area contributed by atoms with Gasteiger partial charge in [0, 0.05) is 24.4 Å². The maximum absolute atomic E-state index is 12.4. The number of rotatable bonds is 6. The molecule has 3 rings (SSSR count). The summed E-state index contributed by atoms with van der Waals surface area (Å²) in [6, 6.07) is 0. The number of thioether (sulfide) groups is 1. The lowest BCUT2D eigenvalue weighted by atomic mass is 9.94. The third-order valence-electron chi connectivity index (χ3n) is 4.39. The van der Waals surface area contributed by atoms with Crippen molar-refractivity contribution in [1.82, 2.24) is 14.9 Å². The van der Waals surface area contributed by atoms with Crippen LogP contribution in [0.1, 0.15) is 45.3 Å². The number of piperidine rings is 1. The van der Waals surface area contributed by atoms with Gasteiger partial charge in [0.15, 0.2) is 5.13 Å². The molecule has 0 unspecified atom stereocenters. The Morgan fingerprint density at radius 2 is 2.11 bits per heavy atom. The number of likely N-dealkylation sites (tertiary alicyclic amines) is 1. The first-order valence-corrected chi connectivity index (χ1v) is 10.7. The second-order valence-corrected chi connectivity index (χ2v) is 9.85. The fraction of sp³-hybridized carbons (Fsp3) is 0.556. The van der Waals surface area contributed by atoms with Gasteiger partial charge in [-0.25, -0.2) is 9.97 Å². The standard InChI is InChI=1S/C18H24N4O3S2/c1-18(2,3)13-8-19-14(25-13)10-26-15-9-20-17(27-15)21-16(24)12-4-6-22(11-23)7-5-12/h8-9,11-12H,4-7,10H2,1-3H3,(H,20,21,24). The normalized spacial score (nSPS) is 15.7. The number of carbonyl (C=O) groups excluding carboxylic acids is 2. The molecule has 1 aliphatic heterocycles. The summed E-state index contributed by atoms with van der Waals surface area (Å²) in [6.45, 7) is 7.53. The topological polar surface area (TPSA) is 88.3 Å². The predicted molar refractivity (Wildman–Crippen MR) is 106 cm³/mol. The van der Waals surface area contributed by atoms with Gasteiger partial charge in [0.2, 0.25) is 18.2 Å². The zero-order valence-corrected chi connectivity index (χ0v) is 17.4. The van der Waals surface area contributed by atoms with Crippen LogP contribution in [0.4, 0.5) is 5.13 Å². The number of carbonyl (C=O) groups is 2. The quantitative estimate of drug-likeness (QED) is 0.581. The van der Waals surface area contributed by atoms with Crippen molar-refractivity contribution in [2.24, 2.45) is 5.92 Å². The first-order chi connectivity index (χ1) is 12.8. The molecule has 0 saturated carbocycles. The number of nitrogens with one attached hydrogen (secondary N) is 1. The van der Waals surface area contributed by atoms with Gasteiger partial charge in [0.05, 0.1) is 22.4 Å². The van der Waals surface area contributed by atoms with Gasteiger partial charge in [0.1, 0.15) is 5.76 Å². The van der Waals surface area contributed by atoms with Crippen molar-refractivity contribution in [3.63, 3.8) is 0 Å². The van der Waals surface area contributed by atoms with Crippen LogP contribution in [0.25, 0.3) is 0 Å². The Bertz CT molecular complexity index is 789. The molecule has 7 nitrogen and oxygen atoms in total. The second kappa shape index (κ2) is 8.43. The summed E-state index contributed by atoms with van der Waals surface area (Å²) in [5, 5.41) is 3.50. The van der Waals surface area contributed by atoms with E-state index < -0.39 is 0 Å². The molecule has 0 bridgehead atoms. The van der Waals surface area contributed by atoms with Crippen molar-refractivity contribution >= 4 is 40.5 Å². The van der Waals surface area contributed by atoms with E-state index in [0.717, 1.165) is 16.4 Å². The highest BCUT2D eigenvalue weighted by Gasteiger charge is 2.25. The molecule has 0 radical (unpaired) electrons. The van der Waals surface area contributed by atoms with E-state index in [0.29, 0.717) is 42.7 Å². The zero-order valence-electron chi connectivity index (χ0n) is 15.7. The minimum absolute atomic E-state index is 0.0195. The summed E-state index contributed by atoms with van der Waals surface area (Å²) in [6.07, 6.45) is 5.77. The zero-order chi connectivity index (χ0) is 19.4. The molecule has 9 heteroatoms. The first kappa shape index (κ1) is 19.9. The Balaban J connectivity index is 1.49. The second-order valence-electron chi connectivity index (χ2n) is 7.55. The molecule has 1 aliphatic rings. The summed E-state index contributed by atoms with van der Waals surface area (Å²) < 4.78 is 6.79. The summed E-state index contributed by atoms with van der Waals surface area (Å²) >= 11 is 3.03. The average Bonchev–Trinajstić information content (AvgIpc) is 3.29. The van der Waals surface area contributed by atoms with Crippen molar-refractivity contribution in [2.75, 3.05) is 18.4 Å². The maximum Gasteiger partial charge on any atom is 0.229 e. The molecule has 3 heterocycles. The van der Waals surface area contributed by atoms with Gasteiger partial charge < -0.3 is 14.6 Å². The molecule has 0 atom stereocenters. The molecule has 0 spiro atoms. The number of thiazole rings is 1. The Hall–Kier alpha value is -1.87. The van der Waals surface area contributed by atoms with E-state index in [1.807, 2.05) is 0 Å². The van der Waals surface area contributed by atoms with E-state index in [9.17, 15) is 9.59 Å². The van der Waals surface area contributed by atoms with Crippen LogP contribution < -0.4 is 5.32 Å². The molecular weight excluding hydrogens is 384 g/mol. The molecule has 0 aromatic carbocycles. The van der Waals surface area contributed by atoms with Crippen LogP contribution in [-0.2, 0) is 20.8 Å². The van der Waals surface area contributed by atoms with Crippen LogP contribution in [0.15, 0.2) is 21.0 Å². The molecule has 1 fully saturated rings. The lowest BCUT2D eigenvalue weighted by Crippen LogP contribution is -2.37. The van der Waals surface area contributed by atoms with Gasteiger partial charge in [-0.15, -0.1) is 11.8 Å². The van der Waals surface area contributed by atoms with E-state index in [2.05, 4.69) is 36.1 Å². The van der Waals surface area contributed by atoms with E-state index >= 15 is 0 Å². The van der Waals surface area contributed by atoms with Gasteiger partial charge in [0.25, 0.3) is 0 Å². The number of hydrogen-bond donors (Lipinski definition) is 1. The first-order valence-electron chi connectivity index (χ1n) is 8.89. The van der Waals surface area contributed by atoms with Gasteiger partial charge >= 0.3 is 0 Å². The van der Waals surface area contributed by atoms with Crippen LogP contribution in [0.3, 0.4) is 0 Å². The Kier molecular flexibility index (Phi) is 6.21. The summed E-state index contributed by atoms with van der Waals surface area (Å²) in [7, 11) is 0. The number of nitrogens with zero attached hydrogens (tertiary/aromatic N) is 3. The van der Waals surface area contributed by atoms with Gasteiger partial charge in [-0.1, -0.05) is 32.1 Å². The molecule has 1 N–H and O–H groups in total. The molecule has 2 aromatic heterocycles. The van der Waals surface area contributed by atoms with Gasteiger partial charge in [-0.2, -0.15) is 0 Å². The number of anilines is 1. The molecule has 2 aromatic rings. The number of aromatic nitrogens is 2. The van der Waals surface area contributed by atoms with Crippen LogP contribution in [0, 0.1) is 5.92 Å². The highest BCUT2D eigenvalue weighted by atomic mass is 32.2. The third kappa shape index (κ3) is 5.32. The lowest BCUT2D eigenvalue weighted by molar-refractivity contribution is -0.125. The fourth-order valence-corrected chi connectivity index (χ4v) is 4.44. The summed E-state index contributed by atoms with van der Waals surface area (Å²) in [5.41, 5.74) is -0.0558. The molecule has 0 aliphatic carbocycles. The van der Waals surface area contributed by atoms with Gasteiger partial charge in [-0.05, 0) is 12.8 Å². The summed E-state index contributed by atoms with van der Waals surface area (Å²) in [4.78, 5) is 33.4. The predicted octanol–water partition coefficient (Wildman–Crippen LogP) is 3.53. The largest absolute Gasteiger partial charge is 0.444 e. The van der Waals surface area contributed by atoms with Crippen molar-refractivity contribution in [3.05, 3.63) is 24.0 Å². The van der Waals surface area contributed by atoms with Crippen LogP contribution in [0.5, 0.6) is 0 Å². The van der Waals surface area contributed by atoms with Crippen molar-refractivity contribution in [3.8, 4) is 0 Å².